The van der Waals surface area contributed by atoms with Crippen LogP contribution < -0.4 is 0 Å². The van der Waals surface area contributed by atoms with Crippen LogP contribution in [-0.4, -0.2) is 4.98 Å². The Labute approximate surface area is 60.3 Å². The van der Waals surface area contributed by atoms with Crippen LogP contribution in [-0.2, 0) is 15.7 Å². The molecule has 0 radical (unpaired) electrons. The molecule has 0 aromatic carbocycles. The summed E-state index contributed by atoms with van der Waals surface area (Å²) in [6, 6.07) is 3.67. The van der Waals surface area contributed by atoms with Crippen molar-refractivity contribution in [3.63, 3.8) is 0 Å². The summed E-state index contributed by atoms with van der Waals surface area (Å²) in [6.07, 6.45) is 3.35. The Hall–Kier alpha value is -0.790. The topological polar surface area (TPSA) is 39.2 Å². The smallest absolute Gasteiger partial charge is 0.290 e. The molecule has 0 unspecified atom stereocenters. The molecular formula is C6H6NO2P. The Bertz CT molecular complexity index is 202. The zero-order chi connectivity index (χ0) is 7.23. The lowest BCUT2D eigenvalue weighted by Gasteiger charge is -1.92. The molecule has 0 aliphatic rings. The van der Waals surface area contributed by atoms with E-state index in [1.165, 1.54) is 0 Å². The summed E-state index contributed by atoms with van der Waals surface area (Å²) in [5.74, 6) is 0. The Morgan fingerprint density at radius 1 is 1.70 bits per heavy atom. The quantitative estimate of drug-likeness (QED) is 0.624. The van der Waals surface area contributed by atoms with E-state index in [4.69, 9.17) is 0 Å². The lowest BCUT2D eigenvalue weighted by molar-refractivity contribution is 0.332. The molecule has 0 aliphatic heterocycles. The van der Waals surface area contributed by atoms with Gasteiger partial charge in [-0.15, -0.1) is 0 Å². The van der Waals surface area contributed by atoms with E-state index < -0.39 is 0 Å². The van der Waals surface area contributed by atoms with Crippen molar-refractivity contribution in [2.75, 3.05) is 0 Å². The maximum Gasteiger partial charge on any atom is 0.327 e. The summed E-state index contributed by atoms with van der Waals surface area (Å²) < 4.78 is 14.4. The van der Waals surface area contributed by atoms with Gasteiger partial charge in [-0.1, -0.05) is 6.07 Å². The zero-order valence-electron chi connectivity index (χ0n) is 5.23. The number of pyridine rings is 1. The van der Waals surface area contributed by atoms with Crippen molar-refractivity contribution in [2.45, 2.75) is 6.61 Å². The molecule has 3 nitrogen and oxygen atoms in total. The van der Waals surface area contributed by atoms with E-state index in [0.717, 1.165) is 5.56 Å². The van der Waals surface area contributed by atoms with Crippen molar-refractivity contribution < 1.29 is 9.09 Å². The molecule has 10 heavy (non-hydrogen) atoms. The average Bonchev–Trinajstić information content (AvgIpc) is 2.03. The van der Waals surface area contributed by atoms with Crippen LogP contribution >= 0.6 is 8.69 Å². The van der Waals surface area contributed by atoms with Gasteiger partial charge in [-0.05, 0) is 11.6 Å². The van der Waals surface area contributed by atoms with Crippen molar-refractivity contribution in [3.8, 4) is 0 Å². The first-order valence-corrected chi connectivity index (χ1v) is 3.50. The fraction of sp³-hybridized carbons (Fsp3) is 0.167. The van der Waals surface area contributed by atoms with E-state index in [-0.39, 0.29) is 8.69 Å². The molecule has 4 heteroatoms. The molecule has 0 saturated heterocycles. The van der Waals surface area contributed by atoms with Gasteiger partial charge in [0.15, 0.2) is 0 Å². The highest BCUT2D eigenvalue weighted by Crippen LogP contribution is 2.03. The minimum atomic E-state index is -0.288. The van der Waals surface area contributed by atoms with Gasteiger partial charge in [0.05, 0.1) is 6.61 Å². The monoisotopic (exact) mass is 155 g/mol. The van der Waals surface area contributed by atoms with E-state index >= 15 is 0 Å². The van der Waals surface area contributed by atoms with E-state index in [1.54, 1.807) is 18.5 Å². The van der Waals surface area contributed by atoms with Crippen LogP contribution in [0.5, 0.6) is 0 Å². The third kappa shape index (κ3) is 2.21. The van der Waals surface area contributed by atoms with Gasteiger partial charge in [0.1, 0.15) is 0 Å². The van der Waals surface area contributed by atoms with Crippen LogP contribution in [0.25, 0.3) is 0 Å². The second-order valence-corrected chi connectivity index (χ2v) is 2.12. The predicted octanol–water partition coefficient (Wildman–Crippen LogP) is 1.80. The van der Waals surface area contributed by atoms with E-state index in [1.807, 2.05) is 6.07 Å². The highest BCUT2D eigenvalue weighted by atomic mass is 31.1. The molecule has 1 rings (SSSR count). The maximum atomic E-state index is 9.83. The molecular weight excluding hydrogens is 149 g/mol. The maximum absolute atomic E-state index is 9.83. The molecule has 0 amide bonds. The molecule has 52 valence electrons. The molecule has 0 fully saturated rings. The van der Waals surface area contributed by atoms with Gasteiger partial charge in [0.25, 0.3) is 0 Å². The molecule has 1 heterocycles. The zero-order valence-corrected chi connectivity index (χ0v) is 6.12. The Morgan fingerprint density at radius 3 is 3.20 bits per heavy atom. The van der Waals surface area contributed by atoms with Gasteiger partial charge in [-0.25, -0.2) is 4.57 Å². The van der Waals surface area contributed by atoms with Gasteiger partial charge >= 0.3 is 8.69 Å². The highest BCUT2D eigenvalue weighted by molar-refractivity contribution is 7.17. The first-order valence-electron chi connectivity index (χ1n) is 2.77. The molecule has 0 atom stereocenters. The summed E-state index contributed by atoms with van der Waals surface area (Å²) in [4.78, 5) is 3.85. The van der Waals surface area contributed by atoms with Crippen LogP contribution in [0.4, 0.5) is 0 Å². The summed E-state index contributed by atoms with van der Waals surface area (Å²) in [5.41, 5.74) is 0.922. The number of hydrogen-bond acceptors (Lipinski definition) is 3. The fourth-order valence-electron chi connectivity index (χ4n) is 0.584. The fourth-order valence-corrected chi connectivity index (χ4v) is 0.786. The second-order valence-electron chi connectivity index (χ2n) is 1.71. The van der Waals surface area contributed by atoms with Crippen LogP contribution in [0.15, 0.2) is 24.5 Å². The molecule has 0 saturated carbocycles. The van der Waals surface area contributed by atoms with Crippen LogP contribution in [0, 0.1) is 0 Å². The summed E-state index contributed by atoms with van der Waals surface area (Å²) in [7, 11) is -0.288. The number of hydrogen-bond donors (Lipinski definition) is 0. The van der Waals surface area contributed by atoms with Gasteiger partial charge in [0, 0.05) is 12.4 Å². The minimum absolute atomic E-state index is 0.288. The van der Waals surface area contributed by atoms with Crippen molar-refractivity contribution in [1.29, 1.82) is 0 Å². The van der Waals surface area contributed by atoms with E-state index in [2.05, 4.69) is 9.51 Å². The third-order valence-corrected chi connectivity index (χ3v) is 1.24. The SMILES string of the molecule is O=POCc1cccnc1. The molecule has 1 aromatic heterocycles. The lowest BCUT2D eigenvalue weighted by atomic mass is 10.3. The van der Waals surface area contributed by atoms with E-state index in [0.29, 0.717) is 6.61 Å². The summed E-state index contributed by atoms with van der Waals surface area (Å²) in [6.45, 7) is 0.346. The largest absolute Gasteiger partial charge is 0.327 e. The number of nitrogens with zero attached hydrogens (tertiary/aromatic N) is 1. The average molecular weight is 155 g/mol. The first-order chi connectivity index (χ1) is 4.93. The van der Waals surface area contributed by atoms with Crippen molar-refractivity contribution in [1.82, 2.24) is 4.98 Å². The van der Waals surface area contributed by atoms with Crippen LogP contribution in [0.2, 0.25) is 0 Å². The lowest BCUT2D eigenvalue weighted by Crippen LogP contribution is -1.83. The van der Waals surface area contributed by atoms with Gasteiger partial charge in [-0.3, -0.25) is 9.51 Å². The third-order valence-electron chi connectivity index (χ3n) is 1.01. The minimum Gasteiger partial charge on any atom is -0.290 e. The molecule has 0 bridgehead atoms. The van der Waals surface area contributed by atoms with Crippen molar-refractivity contribution in [3.05, 3.63) is 30.1 Å². The Morgan fingerprint density at radius 2 is 2.60 bits per heavy atom. The molecule has 0 aliphatic carbocycles. The number of aromatic nitrogens is 1. The Kier molecular flexibility index (Phi) is 3.00. The Balaban J connectivity index is 2.50. The van der Waals surface area contributed by atoms with Gasteiger partial charge in [-0.2, -0.15) is 0 Å². The summed E-state index contributed by atoms with van der Waals surface area (Å²) in [5, 5.41) is 0. The standard InChI is InChI=1S/C6H6NO2P/c8-10-9-5-6-2-1-3-7-4-6/h1-4H,5H2. The van der Waals surface area contributed by atoms with Gasteiger partial charge in [0.2, 0.25) is 0 Å². The predicted molar refractivity (Wildman–Crippen MR) is 36.6 cm³/mol. The molecule has 0 spiro atoms. The normalized spacial score (nSPS) is 10.0. The van der Waals surface area contributed by atoms with Crippen LogP contribution in [0.1, 0.15) is 5.56 Å². The highest BCUT2D eigenvalue weighted by Gasteiger charge is 1.89. The van der Waals surface area contributed by atoms with Gasteiger partial charge < -0.3 is 0 Å². The van der Waals surface area contributed by atoms with Crippen molar-refractivity contribution >= 4 is 8.69 Å². The summed E-state index contributed by atoms with van der Waals surface area (Å²) >= 11 is 0. The van der Waals surface area contributed by atoms with E-state index in [9.17, 15) is 4.57 Å². The molecule has 0 N–H and O–H groups in total. The van der Waals surface area contributed by atoms with Crippen LogP contribution in [0.3, 0.4) is 0 Å². The van der Waals surface area contributed by atoms with Crippen molar-refractivity contribution in [2.24, 2.45) is 0 Å². The second kappa shape index (κ2) is 4.09. The molecule has 1 aromatic rings. The number of rotatable bonds is 3. The first kappa shape index (κ1) is 7.32.